The molecule has 0 aliphatic rings. The van der Waals surface area contributed by atoms with E-state index in [1.165, 1.54) is 11.8 Å². The summed E-state index contributed by atoms with van der Waals surface area (Å²) >= 11 is 1.51. The Morgan fingerprint density at radius 3 is 2.69 bits per heavy atom. The lowest BCUT2D eigenvalue weighted by molar-refractivity contribution is -0.118. The zero-order chi connectivity index (χ0) is 10.9. The van der Waals surface area contributed by atoms with Gasteiger partial charge < -0.3 is 10.6 Å². The number of carbonyl (C=O) groups is 1. The van der Waals surface area contributed by atoms with E-state index in [0.717, 1.165) is 11.4 Å². The molecule has 90 valence electrons. The van der Waals surface area contributed by atoms with Crippen molar-refractivity contribution in [3.63, 3.8) is 0 Å². The number of nitrogens with zero attached hydrogens (tertiary/aromatic N) is 1. The van der Waals surface area contributed by atoms with Gasteiger partial charge in [0.15, 0.2) is 0 Å². The first-order chi connectivity index (χ1) is 7.33. The second-order valence-corrected chi connectivity index (χ2v) is 3.97. The number of hydrogen-bond donors (Lipinski definition) is 2. The van der Waals surface area contributed by atoms with Gasteiger partial charge in [0.2, 0.25) is 5.91 Å². The molecule has 0 aliphatic carbocycles. The van der Waals surface area contributed by atoms with Crippen molar-refractivity contribution >= 4 is 30.1 Å². The van der Waals surface area contributed by atoms with Crippen LogP contribution in [0.1, 0.15) is 0 Å². The lowest BCUT2D eigenvalue weighted by Gasteiger charge is -2.04. The van der Waals surface area contributed by atoms with Crippen LogP contribution < -0.4 is 10.6 Å². The molecule has 0 atom stereocenters. The minimum atomic E-state index is 0. The van der Waals surface area contributed by atoms with Crippen molar-refractivity contribution in [3.05, 3.63) is 24.5 Å². The van der Waals surface area contributed by atoms with Crippen LogP contribution >= 0.6 is 24.2 Å². The van der Waals surface area contributed by atoms with Crippen LogP contribution in [-0.4, -0.2) is 36.8 Å². The third-order valence-corrected chi connectivity index (χ3v) is 2.73. The van der Waals surface area contributed by atoms with Crippen molar-refractivity contribution in [2.75, 3.05) is 25.9 Å². The Morgan fingerprint density at radius 1 is 1.38 bits per heavy atom. The second-order valence-electron chi connectivity index (χ2n) is 2.93. The van der Waals surface area contributed by atoms with Gasteiger partial charge in [-0.3, -0.25) is 9.78 Å². The van der Waals surface area contributed by atoms with E-state index in [0.29, 0.717) is 12.3 Å². The monoisotopic (exact) mass is 261 g/mol. The van der Waals surface area contributed by atoms with Gasteiger partial charge in [-0.1, -0.05) is 0 Å². The van der Waals surface area contributed by atoms with Crippen LogP contribution in [-0.2, 0) is 4.79 Å². The predicted molar refractivity (Wildman–Crippen MR) is 69.1 cm³/mol. The van der Waals surface area contributed by atoms with Gasteiger partial charge in [-0.2, -0.15) is 0 Å². The predicted octanol–water partition coefficient (Wildman–Crippen LogP) is 0.931. The highest BCUT2D eigenvalue weighted by Gasteiger charge is 2.00. The van der Waals surface area contributed by atoms with Crippen molar-refractivity contribution in [2.45, 2.75) is 4.90 Å². The summed E-state index contributed by atoms with van der Waals surface area (Å²) in [5.74, 6) is 0.514. The Hall–Kier alpha value is -0.780. The first kappa shape index (κ1) is 15.2. The van der Waals surface area contributed by atoms with Crippen molar-refractivity contribution in [1.29, 1.82) is 0 Å². The van der Waals surface area contributed by atoms with E-state index in [2.05, 4.69) is 15.6 Å². The maximum Gasteiger partial charge on any atom is 0.230 e. The number of likely N-dealkylation sites (N-methyl/N-ethyl adjacent to an activating group) is 1. The lowest BCUT2D eigenvalue weighted by Crippen LogP contribution is -2.31. The number of pyridine rings is 1. The molecule has 16 heavy (non-hydrogen) atoms. The minimum absolute atomic E-state index is 0. The maximum absolute atomic E-state index is 11.3. The number of nitrogens with one attached hydrogen (secondary N) is 2. The van der Waals surface area contributed by atoms with E-state index in [-0.39, 0.29) is 18.3 Å². The molecule has 0 spiro atoms. The summed E-state index contributed by atoms with van der Waals surface area (Å²) in [5.41, 5.74) is 0. The Labute approximate surface area is 106 Å². The topological polar surface area (TPSA) is 54.0 Å². The maximum atomic E-state index is 11.3. The van der Waals surface area contributed by atoms with Crippen molar-refractivity contribution in [2.24, 2.45) is 0 Å². The molecule has 0 saturated heterocycles. The Bertz CT molecular complexity index is 297. The second kappa shape index (κ2) is 9.45. The molecule has 2 N–H and O–H groups in total. The minimum Gasteiger partial charge on any atom is -0.354 e. The highest BCUT2D eigenvalue weighted by Crippen LogP contribution is 2.15. The molecular weight excluding hydrogens is 246 g/mol. The van der Waals surface area contributed by atoms with Gasteiger partial charge in [0.05, 0.1) is 5.75 Å². The summed E-state index contributed by atoms with van der Waals surface area (Å²) in [7, 11) is 1.86. The molecule has 0 bridgehead atoms. The number of aromatic nitrogens is 1. The molecule has 0 aromatic carbocycles. The lowest BCUT2D eigenvalue weighted by atomic mass is 10.5. The van der Waals surface area contributed by atoms with Crippen molar-refractivity contribution in [1.82, 2.24) is 15.6 Å². The van der Waals surface area contributed by atoms with Crippen LogP contribution in [0.15, 0.2) is 29.4 Å². The zero-order valence-electron chi connectivity index (χ0n) is 9.10. The third-order valence-electron chi connectivity index (χ3n) is 1.72. The fourth-order valence-electron chi connectivity index (χ4n) is 0.961. The average molecular weight is 262 g/mol. The zero-order valence-corrected chi connectivity index (χ0v) is 10.7. The molecule has 0 saturated carbocycles. The molecule has 1 aromatic heterocycles. The smallest absolute Gasteiger partial charge is 0.230 e. The normalized spacial score (nSPS) is 9.31. The highest BCUT2D eigenvalue weighted by atomic mass is 35.5. The fraction of sp³-hybridized carbons (Fsp3) is 0.400. The van der Waals surface area contributed by atoms with Gasteiger partial charge in [-0.05, 0) is 19.2 Å². The Morgan fingerprint density at radius 2 is 2.06 bits per heavy atom. The summed E-state index contributed by atoms with van der Waals surface area (Å²) < 4.78 is 0. The molecular formula is C10H16ClN3OS. The summed E-state index contributed by atoms with van der Waals surface area (Å²) in [5, 5.41) is 5.78. The molecule has 4 nitrogen and oxygen atoms in total. The molecule has 6 heteroatoms. The first-order valence-electron chi connectivity index (χ1n) is 4.77. The molecule has 0 unspecified atom stereocenters. The van der Waals surface area contributed by atoms with Crippen molar-refractivity contribution in [3.8, 4) is 0 Å². The van der Waals surface area contributed by atoms with Crippen LogP contribution in [0.3, 0.4) is 0 Å². The number of rotatable bonds is 6. The van der Waals surface area contributed by atoms with Crippen molar-refractivity contribution < 1.29 is 4.79 Å². The Kier molecular flexibility index (Phi) is 8.99. The van der Waals surface area contributed by atoms with Gasteiger partial charge in [-0.25, -0.2) is 0 Å². The molecule has 0 radical (unpaired) electrons. The van der Waals surface area contributed by atoms with Gasteiger partial charge >= 0.3 is 0 Å². The summed E-state index contributed by atoms with van der Waals surface area (Å²) in [6.07, 6.45) is 3.45. The van der Waals surface area contributed by atoms with Crippen LogP contribution in [0.4, 0.5) is 0 Å². The number of halogens is 1. The van der Waals surface area contributed by atoms with E-state index in [4.69, 9.17) is 0 Å². The standard InChI is InChI=1S/C10H15N3OS.ClH/c1-11-6-7-13-10(14)8-15-9-2-4-12-5-3-9;/h2-5,11H,6-8H2,1H3,(H,13,14);1H. The number of thioether (sulfide) groups is 1. The van der Waals surface area contributed by atoms with Gasteiger partial charge in [-0.15, -0.1) is 24.2 Å². The van der Waals surface area contributed by atoms with E-state index in [1.807, 2.05) is 19.2 Å². The highest BCUT2D eigenvalue weighted by molar-refractivity contribution is 8.00. The van der Waals surface area contributed by atoms with E-state index >= 15 is 0 Å². The number of carbonyl (C=O) groups excluding carboxylic acids is 1. The molecule has 1 rings (SSSR count). The third kappa shape index (κ3) is 6.66. The quantitative estimate of drug-likeness (QED) is 0.591. The molecule has 1 aromatic rings. The van der Waals surface area contributed by atoms with E-state index in [1.54, 1.807) is 12.4 Å². The van der Waals surface area contributed by atoms with Crippen LogP contribution in [0.25, 0.3) is 0 Å². The molecule has 0 fully saturated rings. The molecule has 1 amide bonds. The van der Waals surface area contributed by atoms with Gasteiger partial charge in [0.1, 0.15) is 0 Å². The van der Waals surface area contributed by atoms with Gasteiger partial charge in [0.25, 0.3) is 0 Å². The number of hydrogen-bond acceptors (Lipinski definition) is 4. The summed E-state index contributed by atoms with van der Waals surface area (Å²) in [6.45, 7) is 1.47. The summed E-state index contributed by atoms with van der Waals surface area (Å²) in [4.78, 5) is 16.3. The fourth-order valence-corrected chi connectivity index (χ4v) is 1.68. The summed E-state index contributed by atoms with van der Waals surface area (Å²) in [6, 6.07) is 3.79. The largest absolute Gasteiger partial charge is 0.354 e. The first-order valence-corrected chi connectivity index (χ1v) is 5.75. The van der Waals surface area contributed by atoms with Crippen LogP contribution in [0.5, 0.6) is 0 Å². The van der Waals surface area contributed by atoms with Crippen LogP contribution in [0, 0.1) is 0 Å². The van der Waals surface area contributed by atoms with E-state index < -0.39 is 0 Å². The Balaban J connectivity index is 0.00000225. The number of amides is 1. The molecule has 1 heterocycles. The molecule has 0 aliphatic heterocycles. The van der Waals surface area contributed by atoms with Gasteiger partial charge in [0, 0.05) is 30.4 Å². The van der Waals surface area contributed by atoms with Crippen LogP contribution in [0.2, 0.25) is 0 Å². The SMILES string of the molecule is CNCCNC(=O)CSc1ccncc1.Cl. The average Bonchev–Trinajstić information content (AvgIpc) is 2.28. The van der Waals surface area contributed by atoms with E-state index in [9.17, 15) is 4.79 Å².